The van der Waals surface area contributed by atoms with Crippen LogP contribution in [0.2, 0.25) is 10.0 Å². The van der Waals surface area contributed by atoms with Crippen molar-refractivity contribution < 1.29 is 0 Å². The number of halogens is 2. The van der Waals surface area contributed by atoms with Gasteiger partial charge in [-0.25, -0.2) is 10.8 Å². The number of anilines is 1. The van der Waals surface area contributed by atoms with Crippen molar-refractivity contribution in [3.8, 4) is 0 Å². The second-order valence-electron chi connectivity index (χ2n) is 4.70. The van der Waals surface area contributed by atoms with Crippen LogP contribution < -0.4 is 16.6 Å². The van der Waals surface area contributed by atoms with E-state index in [1.807, 2.05) is 0 Å². The van der Waals surface area contributed by atoms with Crippen LogP contribution in [0.25, 0.3) is 0 Å². The molecule has 0 spiro atoms. The van der Waals surface area contributed by atoms with Crippen molar-refractivity contribution >= 4 is 34.8 Å². The number of nitrogens with two attached hydrogens (primary N) is 1. The first-order chi connectivity index (χ1) is 9.17. The lowest BCUT2D eigenvalue weighted by Crippen LogP contribution is -2.37. The molecule has 0 aromatic heterocycles. The fourth-order valence-electron chi connectivity index (χ4n) is 2.26. The Hall–Kier alpha value is -0.970. The zero-order chi connectivity index (χ0) is 13.7. The minimum absolute atomic E-state index is 0.335. The highest BCUT2D eigenvalue weighted by molar-refractivity contribution is 6.35. The van der Waals surface area contributed by atoms with Crippen LogP contribution in [-0.2, 0) is 0 Å². The topological polar surface area (TPSA) is 62.4 Å². The van der Waals surface area contributed by atoms with Crippen molar-refractivity contribution in [3.05, 3.63) is 28.2 Å². The summed E-state index contributed by atoms with van der Waals surface area (Å²) >= 11 is 11.9. The van der Waals surface area contributed by atoms with E-state index in [0.717, 1.165) is 18.5 Å². The molecule has 19 heavy (non-hydrogen) atoms. The number of hydrogen-bond acceptors (Lipinski definition) is 2. The molecule has 0 saturated heterocycles. The van der Waals surface area contributed by atoms with Crippen LogP contribution in [0.4, 0.5) is 5.69 Å². The van der Waals surface area contributed by atoms with Gasteiger partial charge in [0, 0.05) is 15.7 Å². The SMILES string of the molecule is NNC(=NC1CCCCC1)Nc1cc(Cl)cc(Cl)c1. The molecule has 1 aliphatic carbocycles. The number of benzene rings is 1. The van der Waals surface area contributed by atoms with E-state index in [-0.39, 0.29) is 0 Å². The fraction of sp³-hybridized carbons (Fsp3) is 0.462. The molecule has 0 heterocycles. The van der Waals surface area contributed by atoms with Gasteiger partial charge < -0.3 is 5.32 Å². The third kappa shape index (κ3) is 4.56. The number of aliphatic imine (C=N–C) groups is 1. The average Bonchev–Trinajstić information content (AvgIpc) is 2.38. The molecular weight excluding hydrogens is 283 g/mol. The van der Waals surface area contributed by atoms with E-state index in [2.05, 4.69) is 15.7 Å². The largest absolute Gasteiger partial charge is 0.325 e. The van der Waals surface area contributed by atoms with Crippen LogP contribution in [0, 0.1) is 0 Å². The zero-order valence-electron chi connectivity index (χ0n) is 10.6. The molecule has 2 rings (SSSR count). The number of nitrogens with zero attached hydrogens (tertiary/aromatic N) is 1. The van der Waals surface area contributed by atoms with Crippen LogP contribution in [0.5, 0.6) is 0 Å². The van der Waals surface area contributed by atoms with Crippen molar-refractivity contribution in [2.45, 2.75) is 38.1 Å². The normalized spacial score (nSPS) is 17.3. The molecule has 1 fully saturated rings. The lowest BCUT2D eigenvalue weighted by atomic mass is 9.96. The highest BCUT2D eigenvalue weighted by Crippen LogP contribution is 2.23. The first-order valence-corrected chi connectivity index (χ1v) is 7.20. The van der Waals surface area contributed by atoms with Crippen LogP contribution in [0.3, 0.4) is 0 Å². The lowest BCUT2D eigenvalue weighted by Gasteiger charge is -2.19. The Morgan fingerprint density at radius 3 is 2.32 bits per heavy atom. The van der Waals surface area contributed by atoms with Gasteiger partial charge >= 0.3 is 0 Å². The van der Waals surface area contributed by atoms with Crippen LogP contribution in [-0.4, -0.2) is 12.0 Å². The van der Waals surface area contributed by atoms with Crippen molar-refractivity contribution in [2.24, 2.45) is 10.8 Å². The van der Waals surface area contributed by atoms with E-state index >= 15 is 0 Å². The second kappa shape index (κ2) is 6.98. The highest BCUT2D eigenvalue weighted by atomic mass is 35.5. The van der Waals surface area contributed by atoms with Gasteiger partial charge in [0.1, 0.15) is 0 Å². The summed E-state index contributed by atoms with van der Waals surface area (Å²) in [6, 6.07) is 5.58. The van der Waals surface area contributed by atoms with E-state index in [1.165, 1.54) is 19.3 Å². The van der Waals surface area contributed by atoms with Crippen LogP contribution in [0.15, 0.2) is 23.2 Å². The first kappa shape index (κ1) is 14.4. The predicted molar refractivity (Wildman–Crippen MR) is 81.7 cm³/mol. The molecule has 1 aromatic rings. The number of hydrazine groups is 1. The molecular formula is C13H18Cl2N4. The molecule has 0 amide bonds. The Kier molecular flexibility index (Phi) is 5.31. The molecule has 0 atom stereocenters. The van der Waals surface area contributed by atoms with Gasteiger partial charge in [-0.1, -0.05) is 42.5 Å². The Morgan fingerprint density at radius 1 is 1.11 bits per heavy atom. The van der Waals surface area contributed by atoms with E-state index in [1.54, 1.807) is 18.2 Å². The molecule has 0 bridgehead atoms. The monoisotopic (exact) mass is 300 g/mol. The third-order valence-corrected chi connectivity index (χ3v) is 3.58. The molecule has 0 unspecified atom stereocenters. The lowest BCUT2D eigenvalue weighted by molar-refractivity contribution is 0.442. The molecule has 0 radical (unpaired) electrons. The summed E-state index contributed by atoms with van der Waals surface area (Å²) in [5.41, 5.74) is 3.36. The van der Waals surface area contributed by atoms with E-state index < -0.39 is 0 Å². The van der Waals surface area contributed by atoms with E-state index in [4.69, 9.17) is 29.0 Å². The maximum absolute atomic E-state index is 5.95. The van der Waals surface area contributed by atoms with Gasteiger partial charge in [0.05, 0.1) is 6.04 Å². The average molecular weight is 301 g/mol. The van der Waals surface area contributed by atoms with Crippen LogP contribution in [0.1, 0.15) is 32.1 Å². The molecule has 104 valence electrons. The number of hydrogen-bond donors (Lipinski definition) is 3. The van der Waals surface area contributed by atoms with Gasteiger partial charge in [-0.05, 0) is 31.0 Å². The van der Waals surface area contributed by atoms with Gasteiger partial charge in [0.15, 0.2) is 0 Å². The minimum atomic E-state index is 0.335. The molecule has 1 aliphatic rings. The van der Waals surface area contributed by atoms with Crippen molar-refractivity contribution in [1.82, 2.24) is 5.43 Å². The first-order valence-electron chi connectivity index (χ1n) is 6.45. The molecule has 1 saturated carbocycles. The fourth-order valence-corrected chi connectivity index (χ4v) is 2.79. The second-order valence-corrected chi connectivity index (χ2v) is 5.57. The quantitative estimate of drug-likeness (QED) is 0.339. The van der Waals surface area contributed by atoms with Gasteiger partial charge in [-0.3, -0.25) is 5.43 Å². The van der Waals surface area contributed by atoms with Crippen molar-refractivity contribution in [1.29, 1.82) is 0 Å². The van der Waals surface area contributed by atoms with Crippen molar-refractivity contribution in [3.63, 3.8) is 0 Å². The number of nitrogens with one attached hydrogen (secondary N) is 2. The van der Waals surface area contributed by atoms with Gasteiger partial charge in [-0.2, -0.15) is 0 Å². The van der Waals surface area contributed by atoms with E-state index in [9.17, 15) is 0 Å². The summed E-state index contributed by atoms with van der Waals surface area (Å²) < 4.78 is 0. The minimum Gasteiger partial charge on any atom is -0.325 e. The standard InChI is InChI=1S/C13H18Cl2N4/c14-9-6-10(15)8-12(7-9)18-13(19-16)17-11-4-2-1-3-5-11/h6-8,11H,1-5,16H2,(H2,17,18,19). The maximum atomic E-state index is 5.95. The Morgan fingerprint density at radius 2 is 1.74 bits per heavy atom. The molecule has 4 nitrogen and oxygen atoms in total. The molecule has 0 aliphatic heterocycles. The number of rotatable bonds is 2. The predicted octanol–water partition coefficient (Wildman–Crippen LogP) is 3.56. The summed E-state index contributed by atoms with van der Waals surface area (Å²) in [6.45, 7) is 0. The summed E-state index contributed by atoms with van der Waals surface area (Å²) in [5.74, 6) is 6.05. The number of guanidine groups is 1. The molecule has 4 N–H and O–H groups in total. The molecule has 6 heteroatoms. The van der Waals surface area contributed by atoms with Gasteiger partial charge in [-0.15, -0.1) is 0 Å². The smallest absolute Gasteiger partial charge is 0.210 e. The van der Waals surface area contributed by atoms with Gasteiger partial charge in [0.25, 0.3) is 0 Å². The zero-order valence-corrected chi connectivity index (χ0v) is 12.1. The van der Waals surface area contributed by atoms with Crippen LogP contribution >= 0.6 is 23.2 Å². The van der Waals surface area contributed by atoms with E-state index in [0.29, 0.717) is 22.0 Å². The highest BCUT2D eigenvalue weighted by Gasteiger charge is 2.13. The Balaban J connectivity index is 2.07. The Bertz CT molecular complexity index is 436. The maximum Gasteiger partial charge on any atom is 0.210 e. The molecule has 1 aromatic carbocycles. The summed E-state index contributed by atoms with van der Waals surface area (Å²) in [5, 5.41) is 4.25. The summed E-state index contributed by atoms with van der Waals surface area (Å²) in [7, 11) is 0. The van der Waals surface area contributed by atoms with Gasteiger partial charge in [0.2, 0.25) is 5.96 Å². The third-order valence-electron chi connectivity index (χ3n) is 3.15. The summed E-state index contributed by atoms with van der Waals surface area (Å²) in [6.07, 6.45) is 5.99. The Labute approximate surface area is 123 Å². The van der Waals surface area contributed by atoms with Crippen molar-refractivity contribution in [2.75, 3.05) is 5.32 Å². The summed E-state index contributed by atoms with van der Waals surface area (Å²) in [4.78, 5) is 4.59.